The van der Waals surface area contributed by atoms with Crippen LogP contribution in [0.3, 0.4) is 0 Å². The molecule has 0 aromatic carbocycles. The summed E-state index contributed by atoms with van der Waals surface area (Å²) in [5, 5.41) is 3.26. The van der Waals surface area contributed by atoms with Crippen molar-refractivity contribution in [3.63, 3.8) is 0 Å². The molecular weight excluding hydrogens is 188 g/mol. The Hall–Kier alpha value is -0.570. The third-order valence-electron chi connectivity index (χ3n) is 5.28. The predicted molar refractivity (Wildman–Crippen MR) is 55.9 cm³/mol. The van der Waals surface area contributed by atoms with Gasteiger partial charge in [0.1, 0.15) is 0 Å². The summed E-state index contributed by atoms with van der Waals surface area (Å²) in [6.07, 6.45) is 4.34. The van der Waals surface area contributed by atoms with Gasteiger partial charge in [-0.2, -0.15) is 0 Å². The minimum absolute atomic E-state index is 0.0592. The molecule has 4 fully saturated rings. The molecule has 5 unspecified atom stereocenters. The van der Waals surface area contributed by atoms with Crippen LogP contribution in [-0.2, 0) is 4.79 Å². The number of nitrogens with one attached hydrogen (secondary N) is 1. The first kappa shape index (κ1) is 8.57. The third-order valence-corrected chi connectivity index (χ3v) is 5.28. The molecule has 3 aliphatic carbocycles. The van der Waals surface area contributed by atoms with Crippen LogP contribution in [0.5, 0.6) is 0 Å². The van der Waals surface area contributed by atoms with Crippen molar-refractivity contribution < 1.29 is 4.79 Å². The molecule has 0 aromatic heterocycles. The standard InChI is InChI=1S/C12H18N2O/c1-6-12(15)14(5-13-6)11-9-7-2-3-8(4-7)10(9)11/h6-11,13H,2-5H2,1H3. The van der Waals surface area contributed by atoms with E-state index in [0.717, 1.165) is 30.3 Å². The van der Waals surface area contributed by atoms with Gasteiger partial charge >= 0.3 is 0 Å². The quantitative estimate of drug-likeness (QED) is 0.688. The fourth-order valence-corrected chi connectivity index (χ4v) is 4.60. The lowest BCUT2D eigenvalue weighted by atomic mass is 10.0. The number of hydrogen-bond acceptors (Lipinski definition) is 2. The van der Waals surface area contributed by atoms with Gasteiger partial charge in [0, 0.05) is 6.04 Å². The highest BCUT2D eigenvalue weighted by molar-refractivity contribution is 5.84. The zero-order valence-electron chi connectivity index (χ0n) is 9.15. The first-order valence-electron chi connectivity index (χ1n) is 6.31. The molecule has 0 aromatic rings. The molecule has 5 atom stereocenters. The second kappa shape index (κ2) is 2.57. The van der Waals surface area contributed by atoms with Gasteiger partial charge in [-0.1, -0.05) is 0 Å². The first-order chi connectivity index (χ1) is 7.27. The van der Waals surface area contributed by atoms with Crippen molar-refractivity contribution in [1.29, 1.82) is 0 Å². The first-order valence-corrected chi connectivity index (χ1v) is 6.31. The van der Waals surface area contributed by atoms with Crippen molar-refractivity contribution in [2.24, 2.45) is 23.7 Å². The highest BCUT2D eigenvalue weighted by atomic mass is 16.2. The monoisotopic (exact) mass is 206 g/mol. The zero-order valence-corrected chi connectivity index (χ0v) is 9.15. The van der Waals surface area contributed by atoms with E-state index in [0.29, 0.717) is 11.9 Å². The largest absolute Gasteiger partial charge is 0.325 e. The highest BCUT2D eigenvalue weighted by Crippen LogP contribution is 2.67. The van der Waals surface area contributed by atoms with Gasteiger partial charge in [-0.3, -0.25) is 10.1 Å². The second-order valence-corrected chi connectivity index (χ2v) is 5.87. The summed E-state index contributed by atoms with van der Waals surface area (Å²) >= 11 is 0. The number of rotatable bonds is 1. The van der Waals surface area contributed by atoms with Crippen LogP contribution in [0.2, 0.25) is 0 Å². The maximum Gasteiger partial charge on any atom is 0.240 e. The zero-order chi connectivity index (χ0) is 10.2. The lowest BCUT2D eigenvalue weighted by Crippen LogP contribution is -2.33. The normalized spacial score (nSPS) is 56.3. The molecule has 1 N–H and O–H groups in total. The van der Waals surface area contributed by atoms with Crippen molar-refractivity contribution in [3.05, 3.63) is 0 Å². The Morgan fingerprint density at radius 1 is 1.27 bits per heavy atom. The van der Waals surface area contributed by atoms with Crippen molar-refractivity contribution in [2.75, 3.05) is 6.67 Å². The minimum Gasteiger partial charge on any atom is -0.325 e. The lowest BCUT2D eigenvalue weighted by Gasteiger charge is -2.19. The second-order valence-electron chi connectivity index (χ2n) is 5.87. The summed E-state index contributed by atoms with van der Waals surface area (Å²) in [6, 6.07) is 0.685. The average Bonchev–Trinajstić information content (AvgIpc) is 2.60. The molecule has 3 nitrogen and oxygen atoms in total. The summed E-state index contributed by atoms with van der Waals surface area (Å²) in [5.41, 5.74) is 0. The molecule has 4 aliphatic rings. The fraction of sp³-hybridized carbons (Fsp3) is 0.917. The molecule has 1 heterocycles. The molecule has 0 radical (unpaired) electrons. The molecule has 3 heteroatoms. The van der Waals surface area contributed by atoms with Crippen LogP contribution in [0.15, 0.2) is 0 Å². The van der Waals surface area contributed by atoms with Gasteiger partial charge in [0.2, 0.25) is 5.91 Å². The Morgan fingerprint density at radius 2 is 1.93 bits per heavy atom. The number of carbonyl (C=O) groups is 1. The van der Waals surface area contributed by atoms with Crippen LogP contribution < -0.4 is 5.32 Å². The van der Waals surface area contributed by atoms with Crippen LogP contribution in [0.1, 0.15) is 26.2 Å². The van der Waals surface area contributed by atoms with Crippen molar-refractivity contribution in [2.45, 2.75) is 38.3 Å². The average molecular weight is 206 g/mol. The van der Waals surface area contributed by atoms with Gasteiger partial charge in [0.05, 0.1) is 12.7 Å². The Kier molecular flexibility index (Phi) is 1.47. The summed E-state index contributed by atoms with van der Waals surface area (Å²) < 4.78 is 0. The molecule has 82 valence electrons. The topological polar surface area (TPSA) is 32.3 Å². The van der Waals surface area contributed by atoms with Crippen LogP contribution in [0.4, 0.5) is 0 Å². The van der Waals surface area contributed by atoms with Crippen LogP contribution >= 0.6 is 0 Å². The Labute approximate surface area is 90.2 Å². The van der Waals surface area contributed by atoms with Gasteiger partial charge in [0.15, 0.2) is 0 Å². The van der Waals surface area contributed by atoms with Crippen molar-refractivity contribution in [3.8, 4) is 0 Å². The van der Waals surface area contributed by atoms with E-state index in [1.807, 2.05) is 6.92 Å². The highest BCUT2D eigenvalue weighted by Gasteiger charge is 2.67. The van der Waals surface area contributed by atoms with E-state index in [-0.39, 0.29) is 6.04 Å². The SMILES string of the molecule is CC1NCN(C2C3C4CCC(C4)C32)C1=O. The minimum atomic E-state index is 0.0592. The van der Waals surface area contributed by atoms with Gasteiger partial charge < -0.3 is 4.90 Å². The van der Waals surface area contributed by atoms with Gasteiger partial charge in [-0.05, 0) is 49.9 Å². The summed E-state index contributed by atoms with van der Waals surface area (Å²) in [7, 11) is 0. The van der Waals surface area contributed by atoms with E-state index in [1.165, 1.54) is 19.3 Å². The van der Waals surface area contributed by atoms with E-state index in [9.17, 15) is 4.79 Å². The molecule has 3 saturated carbocycles. The molecule has 4 rings (SSSR count). The number of amides is 1. The van der Waals surface area contributed by atoms with Crippen LogP contribution in [-0.4, -0.2) is 29.6 Å². The summed E-state index contributed by atoms with van der Waals surface area (Å²) in [4.78, 5) is 14.0. The molecule has 1 aliphatic heterocycles. The maximum absolute atomic E-state index is 11.9. The van der Waals surface area contributed by atoms with Crippen molar-refractivity contribution >= 4 is 5.91 Å². The van der Waals surface area contributed by atoms with Crippen LogP contribution in [0.25, 0.3) is 0 Å². The Balaban J connectivity index is 1.56. The molecule has 0 spiro atoms. The van der Waals surface area contributed by atoms with E-state index < -0.39 is 0 Å². The summed E-state index contributed by atoms with van der Waals surface area (Å²) in [6.45, 7) is 2.78. The number of hydrogen-bond donors (Lipinski definition) is 1. The molecule has 1 saturated heterocycles. The van der Waals surface area contributed by atoms with E-state index in [2.05, 4.69) is 10.2 Å². The van der Waals surface area contributed by atoms with E-state index >= 15 is 0 Å². The summed E-state index contributed by atoms with van der Waals surface area (Å²) in [5.74, 6) is 4.05. The molecular formula is C12H18N2O. The third kappa shape index (κ3) is 0.930. The predicted octanol–water partition coefficient (Wildman–Crippen LogP) is 0.809. The lowest BCUT2D eigenvalue weighted by molar-refractivity contribution is -0.129. The van der Waals surface area contributed by atoms with Gasteiger partial charge in [-0.25, -0.2) is 0 Å². The number of carbonyl (C=O) groups excluding carboxylic acids is 1. The van der Waals surface area contributed by atoms with Gasteiger partial charge in [0.25, 0.3) is 0 Å². The number of fused-ring (bicyclic) bond motifs is 5. The van der Waals surface area contributed by atoms with E-state index in [4.69, 9.17) is 0 Å². The fourth-order valence-electron chi connectivity index (χ4n) is 4.60. The van der Waals surface area contributed by atoms with E-state index in [1.54, 1.807) is 0 Å². The smallest absolute Gasteiger partial charge is 0.240 e. The Morgan fingerprint density at radius 3 is 2.47 bits per heavy atom. The number of nitrogens with zero attached hydrogens (tertiary/aromatic N) is 1. The van der Waals surface area contributed by atoms with Crippen LogP contribution in [0, 0.1) is 23.7 Å². The molecule has 2 bridgehead atoms. The molecule has 1 amide bonds. The molecule has 15 heavy (non-hydrogen) atoms. The Bertz CT molecular complexity index is 314. The maximum atomic E-state index is 11.9. The van der Waals surface area contributed by atoms with Gasteiger partial charge in [-0.15, -0.1) is 0 Å². The van der Waals surface area contributed by atoms with Crippen molar-refractivity contribution in [1.82, 2.24) is 10.2 Å².